The number of anilines is 1. The second kappa shape index (κ2) is 11.9. The minimum absolute atomic E-state index is 0.0527. The zero-order valence-corrected chi connectivity index (χ0v) is 24.5. The Bertz CT molecular complexity index is 1990. The fraction of sp³-hybridized carbons (Fsp3) is 0.161. The maximum atomic E-state index is 13.8. The van der Waals surface area contributed by atoms with Gasteiger partial charge in [0.05, 0.1) is 11.9 Å². The van der Waals surface area contributed by atoms with Crippen molar-refractivity contribution in [3.05, 3.63) is 120 Å². The molecule has 15 heteroatoms. The van der Waals surface area contributed by atoms with E-state index in [-0.39, 0.29) is 34.7 Å². The number of esters is 1. The molecule has 2 saturated heterocycles. The fourth-order valence-corrected chi connectivity index (χ4v) is 6.32. The van der Waals surface area contributed by atoms with Crippen LogP contribution in [-0.4, -0.2) is 70.6 Å². The maximum absolute atomic E-state index is 13.8. The second-order valence-electron chi connectivity index (χ2n) is 10.3. The minimum Gasteiger partial charge on any atom is -0.459 e. The van der Waals surface area contributed by atoms with E-state index in [4.69, 9.17) is 17.8 Å². The van der Waals surface area contributed by atoms with Crippen LogP contribution in [0.25, 0.3) is 11.2 Å². The molecule has 1 unspecified atom stereocenters. The summed E-state index contributed by atoms with van der Waals surface area (Å²) in [5.74, 6) is -2.05. The Morgan fingerprint density at radius 1 is 0.761 bits per heavy atom. The number of carbonyl (C=O) groups is 3. The smallest absolute Gasteiger partial charge is 0.400 e. The lowest BCUT2D eigenvalue weighted by molar-refractivity contribution is -0.0595. The largest absolute Gasteiger partial charge is 0.459 e. The first-order chi connectivity index (χ1) is 22.3. The number of benzene rings is 3. The third-order valence-electron chi connectivity index (χ3n) is 7.40. The predicted octanol–water partition coefficient (Wildman–Crippen LogP) is 3.10. The summed E-state index contributed by atoms with van der Waals surface area (Å²) >= 11 is 0. The topological polar surface area (TPSA) is 169 Å². The van der Waals surface area contributed by atoms with Gasteiger partial charge in [0.1, 0.15) is 25.1 Å². The Labute approximate surface area is 261 Å². The highest BCUT2D eigenvalue weighted by molar-refractivity contribution is 7.82. The van der Waals surface area contributed by atoms with E-state index in [2.05, 4.69) is 15.0 Å². The molecule has 5 aromatic rings. The number of hydrogen-bond acceptors (Lipinski definition) is 12. The average Bonchev–Trinajstić information content (AvgIpc) is 3.75. The second-order valence-corrected chi connectivity index (χ2v) is 11.5. The Hall–Kier alpha value is -5.35. The zero-order valence-electron chi connectivity index (χ0n) is 23.7. The number of imidazole rings is 1. The van der Waals surface area contributed by atoms with Gasteiger partial charge in [0.15, 0.2) is 29.3 Å². The third-order valence-corrected chi connectivity index (χ3v) is 8.32. The first-order valence-corrected chi connectivity index (χ1v) is 15.3. The van der Waals surface area contributed by atoms with Crippen LogP contribution in [0.1, 0.15) is 37.3 Å². The molecule has 14 nitrogen and oxygen atoms in total. The summed E-state index contributed by atoms with van der Waals surface area (Å²) in [6, 6.07) is 24.7. The van der Waals surface area contributed by atoms with E-state index in [0.717, 1.165) is 11.2 Å². The van der Waals surface area contributed by atoms with Gasteiger partial charge >= 0.3 is 16.4 Å². The van der Waals surface area contributed by atoms with Gasteiger partial charge in [-0.25, -0.2) is 33.0 Å². The maximum Gasteiger partial charge on any atom is 0.400 e. The van der Waals surface area contributed by atoms with Crippen molar-refractivity contribution in [2.45, 2.75) is 24.5 Å². The van der Waals surface area contributed by atoms with Crippen LogP contribution in [0.4, 0.5) is 5.82 Å². The minimum atomic E-state index is -4.40. The molecular formula is C31H23N5O9S. The Morgan fingerprint density at radius 3 is 1.93 bits per heavy atom. The standard InChI is InChI=1S/C31H23N5O9S/c37-28(19-10-4-1-5-11-19)36(29(38)20-12-6-2-7-13-20)27-23-26(32-17-33-27)35(18-34-23)30-25-24(44-46(40,41)45-25)22(43-30)16-42-31(39)21-14-8-3-9-15-21/h1-15,17-18,22,24-25,30H,16H2/t22-,24-,25-,30?/m1/s1. The molecule has 0 saturated carbocycles. The van der Waals surface area contributed by atoms with Crippen LogP contribution in [0.3, 0.4) is 0 Å². The van der Waals surface area contributed by atoms with Crippen LogP contribution in [-0.2, 0) is 28.2 Å². The molecular weight excluding hydrogens is 618 g/mol. The third kappa shape index (κ3) is 5.41. The van der Waals surface area contributed by atoms with Gasteiger partial charge in [0.2, 0.25) is 0 Å². The Balaban J connectivity index is 1.24. The van der Waals surface area contributed by atoms with Gasteiger partial charge in [-0.1, -0.05) is 54.6 Å². The number of nitrogens with zero attached hydrogens (tertiary/aromatic N) is 5. The van der Waals surface area contributed by atoms with Crippen molar-refractivity contribution in [2.75, 3.05) is 11.5 Å². The molecule has 2 aliphatic heterocycles. The number of ether oxygens (including phenoxy) is 2. The van der Waals surface area contributed by atoms with E-state index in [1.165, 1.54) is 10.9 Å². The molecule has 4 heterocycles. The van der Waals surface area contributed by atoms with E-state index in [1.54, 1.807) is 91.0 Å². The molecule has 0 radical (unpaired) electrons. The number of imide groups is 1. The SMILES string of the molecule is O=C(OC[C@H]1OC(n2cnc3c(N(C(=O)c4ccccc4)C(=O)c4ccccc4)ncnc32)[C@@H]2OS(=O)(=O)O[C@H]12)c1ccccc1. The molecule has 0 bridgehead atoms. The molecule has 7 rings (SSSR count). The Kier molecular flexibility index (Phi) is 7.58. The summed E-state index contributed by atoms with van der Waals surface area (Å²) in [5, 5.41) is 0. The lowest BCUT2D eigenvalue weighted by atomic mass is 10.1. The van der Waals surface area contributed by atoms with Gasteiger partial charge in [-0.05, 0) is 36.4 Å². The number of aromatic nitrogens is 4. The summed E-state index contributed by atoms with van der Waals surface area (Å²) in [6.07, 6.45) is -2.13. The van der Waals surface area contributed by atoms with Crippen LogP contribution in [0.5, 0.6) is 0 Å². The summed E-state index contributed by atoms with van der Waals surface area (Å²) in [5.41, 5.74) is 0.922. The van der Waals surface area contributed by atoms with E-state index in [0.29, 0.717) is 5.56 Å². The molecule has 2 aromatic heterocycles. The molecule has 2 amide bonds. The van der Waals surface area contributed by atoms with E-state index in [1.807, 2.05) is 0 Å². The molecule has 2 fully saturated rings. The van der Waals surface area contributed by atoms with Crippen molar-refractivity contribution in [1.29, 1.82) is 0 Å². The number of fused-ring (bicyclic) bond motifs is 2. The van der Waals surface area contributed by atoms with Crippen LogP contribution in [0.15, 0.2) is 104 Å². The molecule has 4 atom stereocenters. The van der Waals surface area contributed by atoms with Gasteiger partial charge in [-0.2, -0.15) is 8.42 Å². The molecule has 0 aliphatic carbocycles. The highest BCUT2D eigenvalue weighted by Crippen LogP contribution is 2.41. The number of carbonyl (C=O) groups excluding carboxylic acids is 3. The first-order valence-electron chi connectivity index (χ1n) is 14.0. The summed E-state index contributed by atoms with van der Waals surface area (Å²) in [7, 11) is -4.40. The van der Waals surface area contributed by atoms with Gasteiger partial charge in [0, 0.05) is 11.1 Å². The van der Waals surface area contributed by atoms with Gasteiger partial charge < -0.3 is 9.47 Å². The van der Waals surface area contributed by atoms with Crippen molar-refractivity contribution in [3.63, 3.8) is 0 Å². The van der Waals surface area contributed by atoms with Crippen LogP contribution in [0, 0.1) is 0 Å². The van der Waals surface area contributed by atoms with Crippen molar-refractivity contribution < 1.29 is 40.6 Å². The first kappa shape index (κ1) is 29.4. The quantitative estimate of drug-likeness (QED) is 0.188. The molecule has 3 aromatic carbocycles. The molecule has 2 aliphatic rings. The summed E-state index contributed by atoms with van der Waals surface area (Å²) < 4.78 is 48.0. The lowest BCUT2D eigenvalue weighted by Gasteiger charge is -2.21. The fourth-order valence-electron chi connectivity index (χ4n) is 5.29. The van der Waals surface area contributed by atoms with Gasteiger partial charge in [-0.3, -0.25) is 14.2 Å². The molecule has 46 heavy (non-hydrogen) atoms. The highest BCUT2D eigenvalue weighted by Gasteiger charge is 2.57. The van der Waals surface area contributed by atoms with Gasteiger partial charge in [0.25, 0.3) is 11.8 Å². The number of rotatable bonds is 7. The van der Waals surface area contributed by atoms with Crippen molar-refractivity contribution in [3.8, 4) is 0 Å². The van der Waals surface area contributed by atoms with Crippen molar-refractivity contribution >= 4 is 45.2 Å². The average molecular weight is 642 g/mol. The number of amides is 2. The van der Waals surface area contributed by atoms with Crippen LogP contribution in [0.2, 0.25) is 0 Å². The van der Waals surface area contributed by atoms with E-state index >= 15 is 0 Å². The van der Waals surface area contributed by atoms with Gasteiger partial charge in [-0.15, -0.1) is 0 Å². The zero-order chi connectivity index (χ0) is 31.8. The molecule has 0 spiro atoms. The monoisotopic (exact) mass is 641 g/mol. The Morgan fingerprint density at radius 2 is 1.33 bits per heavy atom. The molecule has 232 valence electrons. The predicted molar refractivity (Wildman–Crippen MR) is 159 cm³/mol. The lowest BCUT2D eigenvalue weighted by Crippen LogP contribution is -2.38. The highest BCUT2D eigenvalue weighted by atomic mass is 32.3. The van der Waals surface area contributed by atoms with Crippen LogP contribution < -0.4 is 4.90 Å². The normalized spacial score (nSPS) is 21.5. The number of hydrogen-bond donors (Lipinski definition) is 0. The summed E-state index contributed by atoms with van der Waals surface area (Å²) in [4.78, 5) is 54.1. The van der Waals surface area contributed by atoms with Crippen LogP contribution >= 0.6 is 0 Å². The van der Waals surface area contributed by atoms with Crippen molar-refractivity contribution in [1.82, 2.24) is 19.5 Å². The summed E-state index contributed by atoms with van der Waals surface area (Å²) in [6.45, 7) is -0.345. The van der Waals surface area contributed by atoms with E-state index < -0.39 is 52.7 Å². The van der Waals surface area contributed by atoms with E-state index in [9.17, 15) is 22.8 Å². The van der Waals surface area contributed by atoms with Crippen molar-refractivity contribution in [2.24, 2.45) is 0 Å². The molecule has 0 N–H and O–H groups in total.